The molecule has 0 radical (unpaired) electrons. The van der Waals surface area contributed by atoms with Crippen molar-refractivity contribution in [3.63, 3.8) is 0 Å². The van der Waals surface area contributed by atoms with Crippen LogP contribution < -0.4 is 5.43 Å². The van der Waals surface area contributed by atoms with E-state index in [-0.39, 0.29) is 5.71 Å². The molecule has 0 saturated heterocycles. The van der Waals surface area contributed by atoms with E-state index in [2.05, 4.69) is 10.5 Å². The average Bonchev–Trinajstić information content (AvgIpc) is 2.66. The molecule has 0 aliphatic carbocycles. The molecular formula is C8H8N2O3S. The Labute approximate surface area is 84.1 Å². The Morgan fingerprint density at radius 3 is 2.79 bits per heavy atom. The van der Waals surface area contributed by atoms with Crippen LogP contribution in [0.5, 0.6) is 0 Å². The zero-order valence-electron chi connectivity index (χ0n) is 7.35. The third-order valence-electron chi connectivity index (χ3n) is 1.38. The van der Waals surface area contributed by atoms with Gasteiger partial charge in [0.1, 0.15) is 5.71 Å². The van der Waals surface area contributed by atoms with Crippen LogP contribution in [0.1, 0.15) is 16.6 Å². The maximum Gasteiger partial charge on any atom is 0.351 e. The van der Waals surface area contributed by atoms with Crippen molar-refractivity contribution in [2.45, 2.75) is 6.92 Å². The fraction of sp³-hybridized carbons (Fsp3) is 0.125. The first-order valence-corrected chi connectivity index (χ1v) is 4.60. The number of carbonyl (C=O) groups is 2. The lowest BCUT2D eigenvalue weighted by atomic mass is 10.4. The third kappa shape index (κ3) is 2.67. The van der Waals surface area contributed by atoms with Crippen LogP contribution >= 0.6 is 11.3 Å². The largest absolute Gasteiger partial charge is 0.477 e. The van der Waals surface area contributed by atoms with Crippen molar-refractivity contribution in [2.75, 3.05) is 0 Å². The molecule has 2 N–H and O–H groups in total. The smallest absolute Gasteiger partial charge is 0.351 e. The summed E-state index contributed by atoms with van der Waals surface area (Å²) in [6, 6.07) is 3.36. The second kappa shape index (κ2) is 4.52. The highest BCUT2D eigenvalue weighted by atomic mass is 32.1. The summed E-state index contributed by atoms with van der Waals surface area (Å²) < 4.78 is 0. The number of rotatable bonds is 3. The number of nitrogens with one attached hydrogen (secondary N) is 1. The number of carboxylic acids is 1. The number of amides is 1. The van der Waals surface area contributed by atoms with Gasteiger partial charge < -0.3 is 5.11 Å². The number of carboxylic acid groups (broad SMARTS) is 1. The van der Waals surface area contributed by atoms with E-state index in [1.165, 1.54) is 18.3 Å². The van der Waals surface area contributed by atoms with Gasteiger partial charge in [0.15, 0.2) is 0 Å². The van der Waals surface area contributed by atoms with Gasteiger partial charge >= 0.3 is 5.97 Å². The summed E-state index contributed by atoms with van der Waals surface area (Å²) in [5, 5.41) is 13.6. The fourth-order valence-corrected chi connectivity index (χ4v) is 1.26. The van der Waals surface area contributed by atoms with Gasteiger partial charge in [-0.25, -0.2) is 10.2 Å². The molecule has 0 spiro atoms. The van der Waals surface area contributed by atoms with Crippen LogP contribution in [-0.2, 0) is 4.79 Å². The second-order valence-electron chi connectivity index (χ2n) is 2.42. The zero-order valence-corrected chi connectivity index (χ0v) is 8.17. The SMILES string of the molecule is C/C(=N\NC(=O)c1cccs1)C(=O)O. The number of thiophene rings is 1. The maximum absolute atomic E-state index is 11.2. The third-order valence-corrected chi connectivity index (χ3v) is 2.25. The normalized spacial score (nSPS) is 11.1. The number of aliphatic carboxylic acids is 1. The van der Waals surface area contributed by atoms with Gasteiger partial charge in [0.25, 0.3) is 5.91 Å². The lowest BCUT2D eigenvalue weighted by molar-refractivity contribution is -0.129. The summed E-state index contributed by atoms with van der Waals surface area (Å²) in [4.78, 5) is 22.0. The Balaban J connectivity index is 2.59. The molecule has 1 heterocycles. The van der Waals surface area contributed by atoms with Crippen molar-refractivity contribution in [1.29, 1.82) is 0 Å². The second-order valence-corrected chi connectivity index (χ2v) is 3.37. The molecule has 0 atom stereocenters. The van der Waals surface area contributed by atoms with Crippen molar-refractivity contribution in [3.8, 4) is 0 Å². The van der Waals surface area contributed by atoms with Crippen molar-refractivity contribution in [1.82, 2.24) is 5.43 Å². The monoisotopic (exact) mass is 212 g/mol. The van der Waals surface area contributed by atoms with E-state index >= 15 is 0 Å². The lowest BCUT2D eigenvalue weighted by Crippen LogP contribution is -2.20. The summed E-state index contributed by atoms with van der Waals surface area (Å²) in [6.45, 7) is 1.30. The molecular weight excluding hydrogens is 204 g/mol. The standard InChI is InChI=1S/C8H8N2O3S/c1-5(8(12)13)9-10-7(11)6-3-2-4-14-6/h2-4H,1H3,(H,10,11)(H,12,13)/b9-5+. The van der Waals surface area contributed by atoms with Crippen molar-refractivity contribution in [2.24, 2.45) is 5.10 Å². The molecule has 0 aliphatic heterocycles. The average molecular weight is 212 g/mol. The summed E-state index contributed by atoms with van der Waals surface area (Å²) in [5.74, 6) is -1.56. The van der Waals surface area contributed by atoms with Gasteiger partial charge in [-0.15, -0.1) is 11.3 Å². The molecule has 0 aromatic carbocycles. The summed E-state index contributed by atoms with van der Waals surface area (Å²) in [7, 11) is 0. The van der Waals surface area contributed by atoms with Gasteiger partial charge in [0.05, 0.1) is 4.88 Å². The Kier molecular flexibility index (Phi) is 3.35. The minimum atomic E-state index is -1.16. The number of nitrogens with zero attached hydrogens (tertiary/aromatic N) is 1. The number of hydrogen-bond donors (Lipinski definition) is 2. The van der Waals surface area contributed by atoms with Gasteiger partial charge in [-0.05, 0) is 18.4 Å². The summed E-state index contributed by atoms with van der Waals surface area (Å²) in [6.07, 6.45) is 0. The zero-order chi connectivity index (χ0) is 10.6. The highest BCUT2D eigenvalue weighted by Gasteiger charge is 2.06. The molecule has 1 aromatic heterocycles. The van der Waals surface area contributed by atoms with Gasteiger partial charge in [-0.1, -0.05) is 6.07 Å². The molecule has 1 aromatic rings. The molecule has 1 rings (SSSR count). The van der Waals surface area contributed by atoms with E-state index in [1.807, 2.05) is 0 Å². The summed E-state index contributed by atoms with van der Waals surface area (Å²) in [5.41, 5.74) is 1.99. The molecule has 14 heavy (non-hydrogen) atoms. The molecule has 0 fully saturated rings. The Morgan fingerprint density at radius 2 is 2.29 bits per heavy atom. The van der Waals surface area contributed by atoms with E-state index in [4.69, 9.17) is 5.11 Å². The van der Waals surface area contributed by atoms with Crippen LogP contribution in [0.2, 0.25) is 0 Å². The van der Waals surface area contributed by atoms with Crippen LogP contribution in [0.25, 0.3) is 0 Å². The molecule has 5 nitrogen and oxygen atoms in total. The van der Waals surface area contributed by atoms with Gasteiger partial charge in [0, 0.05) is 0 Å². The van der Waals surface area contributed by atoms with Crippen LogP contribution in [-0.4, -0.2) is 22.7 Å². The minimum absolute atomic E-state index is 0.157. The Bertz CT molecular complexity index is 370. The molecule has 74 valence electrons. The Hall–Kier alpha value is -1.69. The highest BCUT2D eigenvalue weighted by molar-refractivity contribution is 7.12. The van der Waals surface area contributed by atoms with E-state index in [0.29, 0.717) is 4.88 Å². The molecule has 1 amide bonds. The quantitative estimate of drug-likeness (QED) is 0.578. The van der Waals surface area contributed by atoms with E-state index in [9.17, 15) is 9.59 Å². The van der Waals surface area contributed by atoms with Crippen LogP contribution in [0.3, 0.4) is 0 Å². The van der Waals surface area contributed by atoms with Crippen molar-refractivity contribution in [3.05, 3.63) is 22.4 Å². The fourth-order valence-electron chi connectivity index (χ4n) is 0.645. The molecule has 0 unspecified atom stereocenters. The lowest BCUT2D eigenvalue weighted by Gasteiger charge is -1.96. The first-order valence-electron chi connectivity index (χ1n) is 3.72. The highest BCUT2D eigenvalue weighted by Crippen LogP contribution is 2.07. The van der Waals surface area contributed by atoms with Gasteiger partial charge in [0.2, 0.25) is 0 Å². The first kappa shape index (κ1) is 10.4. The van der Waals surface area contributed by atoms with Crippen LogP contribution in [0.15, 0.2) is 22.6 Å². The molecule has 6 heteroatoms. The summed E-state index contributed by atoms with van der Waals surface area (Å²) >= 11 is 1.26. The van der Waals surface area contributed by atoms with Crippen molar-refractivity contribution < 1.29 is 14.7 Å². The van der Waals surface area contributed by atoms with E-state index in [0.717, 1.165) is 0 Å². The topological polar surface area (TPSA) is 78.8 Å². The van der Waals surface area contributed by atoms with Crippen LogP contribution in [0.4, 0.5) is 0 Å². The Morgan fingerprint density at radius 1 is 1.57 bits per heavy atom. The first-order chi connectivity index (χ1) is 6.61. The molecule has 0 bridgehead atoms. The minimum Gasteiger partial charge on any atom is -0.477 e. The van der Waals surface area contributed by atoms with Crippen LogP contribution in [0, 0.1) is 0 Å². The van der Waals surface area contributed by atoms with Crippen molar-refractivity contribution >= 4 is 28.9 Å². The number of hydrazone groups is 1. The molecule has 0 aliphatic rings. The van der Waals surface area contributed by atoms with Gasteiger partial charge in [-0.3, -0.25) is 4.79 Å². The predicted molar refractivity (Wildman–Crippen MR) is 52.5 cm³/mol. The predicted octanol–water partition coefficient (Wildman–Crippen LogP) is 0.938. The van der Waals surface area contributed by atoms with E-state index < -0.39 is 11.9 Å². The van der Waals surface area contributed by atoms with Gasteiger partial charge in [-0.2, -0.15) is 5.10 Å². The number of hydrogen-bond acceptors (Lipinski definition) is 4. The maximum atomic E-state index is 11.2. The molecule has 0 saturated carbocycles. The number of carbonyl (C=O) groups excluding carboxylic acids is 1. The van der Waals surface area contributed by atoms with E-state index in [1.54, 1.807) is 17.5 Å².